The van der Waals surface area contributed by atoms with E-state index in [1.54, 1.807) is 12.1 Å². The highest BCUT2D eigenvalue weighted by atomic mass is 16.5. The van der Waals surface area contributed by atoms with E-state index in [1.807, 2.05) is 36.4 Å². The first-order valence-corrected chi connectivity index (χ1v) is 10.8. The monoisotopic (exact) mass is 382 g/mol. The van der Waals surface area contributed by atoms with E-state index in [0.29, 0.717) is 11.3 Å². The van der Waals surface area contributed by atoms with Crippen molar-refractivity contribution < 1.29 is 14.3 Å². The van der Waals surface area contributed by atoms with Gasteiger partial charge in [0.05, 0.1) is 12.2 Å². The lowest BCUT2D eigenvalue weighted by Gasteiger charge is -2.08. The lowest BCUT2D eigenvalue weighted by molar-refractivity contribution is 0.0734. The Morgan fingerprint density at radius 1 is 0.714 bits per heavy atom. The smallest absolute Gasteiger partial charge is 0.343 e. The van der Waals surface area contributed by atoms with Gasteiger partial charge in [-0.05, 0) is 61.2 Å². The van der Waals surface area contributed by atoms with Crippen molar-refractivity contribution in [2.75, 3.05) is 6.61 Å². The number of esters is 1. The number of rotatable bonds is 13. The number of benzene rings is 2. The lowest BCUT2D eigenvalue weighted by Crippen LogP contribution is -2.08. The molecule has 2 rings (SSSR count). The molecule has 0 spiro atoms. The Morgan fingerprint density at radius 3 is 2.00 bits per heavy atom. The summed E-state index contributed by atoms with van der Waals surface area (Å²) >= 11 is 0. The summed E-state index contributed by atoms with van der Waals surface area (Å²) in [5, 5.41) is 0. The number of hydrogen-bond acceptors (Lipinski definition) is 3. The second-order valence-corrected chi connectivity index (χ2v) is 7.28. The molecule has 0 aliphatic rings. The molecule has 0 radical (unpaired) electrons. The molecule has 0 saturated carbocycles. The van der Waals surface area contributed by atoms with E-state index >= 15 is 0 Å². The summed E-state index contributed by atoms with van der Waals surface area (Å²) in [6, 6.07) is 15.0. The Bertz CT molecular complexity index is 674. The third-order valence-electron chi connectivity index (χ3n) is 4.81. The molecule has 0 bridgehead atoms. The van der Waals surface area contributed by atoms with Gasteiger partial charge in [-0.3, -0.25) is 0 Å². The summed E-state index contributed by atoms with van der Waals surface area (Å²) in [5.74, 6) is 1.02. The van der Waals surface area contributed by atoms with Gasteiger partial charge in [0.15, 0.2) is 0 Å². The maximum absolute atomic E-state index is 12.3. The minimum Gasteiger partial charge on any atom is -0.494 e. The zero-order valence-corrected chi connectivity index (χ0v) is 17.4. The van der Waals surface area contributed by atoms with Crippen LogP contribution in [0.4, 0.5) is 0 Å². The molecule has 0 unspecified atom stereocenters. The molecule has 0 N–H and O–H groups in total. The summed E-state index contributed by atoms with van der Waals surface area (Å²) in [6.07, 6.45) is 10.9. The van der Waals surface area contributed by atoms with Crippen molar-refractivity contribution >= 4 is 5.97 Å². The number of hydrogen-bond donors (Lipinski definition) is 0. The molecule has 0 aromatic heterocycles. The van der Waals surface area contributed by atoms with Crippen molar-refractivity contribution in [2.24, 2.45) is 0 Å². The van der Waals surface area contributed by atoms with Crippen LogP contribution >= 0.6 is 0 Å². The fourth-order valence-corrected chi connectivity index (χ4v) is 3.03. The van der Waals surface area contributed by atoms with E-state index in [-0.39, 0.29) is 5.97 Å². The predicted molar refractivity (Wildman–Crippen MR) is 115 cm³/mol. The van der Waals surface area contributed by atoms with Gasteiger partial charge < -0.3 is 9.47 Å². The normalized spacial score (nSPS) is 10.6. The molecule has 0 aliphatic carbocycles. The van der Waals surface area contributed by atoms with E-state index in [4.69, 9.17) is 9.47 Å². The van der Waals surface area contributed by atoms with Gasteiger partial charge >= 0.3 is 5.97 Å². The van der Waals surface area contributed by atoms with Gasteiger partial charge in [0.2, 0.25) is 0 Å². The van der Waals surface area contributed by atoms with E-state index in [9.17, 15) is 4.79 Å². The Morgan fingerprint density at radius 2 is 1.32 bits per heavy atom. The first-order valence-electron chi connectivity index (χ1n) is 10.8. The Balaban J connectivity index is 1.73. The van der Waals surface area contributed by atoms with Crippen LogP contribution in [0.25, 0.3) is 0 Å². The van der Waals surface area contributed by atoms with Crippen molar-refractivity contribution in [2.45, 2.75) is 71.6 Å². The van der Waals surface area contributed by atoms with Crippen LogP contribution in [0, 0.1) is 0 Å². The topological polar surface area (TPSA) is 35.5 Å². The molecule has 152 valence electrons. The van der Waals surface area contributed by atoms with Gasteiger partial charge in [0.25, 0.3) is 0 Å². The van der Waals surface area contributed by atoms with Crippen LogP contribution in [0.2, 0.25) is 0 Å². The number of carbonyl (C=O) groups excluding carboxylic acids is 1. The fraction of sp³-hybridized carbons (Fsp3) is 0.480. The van der Waals surface area contributed by atoms with Crippen molar-refractivity contribution in [1.29, 1.82) is 0 Å². The Hall–Kier alpha value is -2.29. The van der Waals surface area contributed by atoms with E-state index in [1.165, 1.54) is 44.1 Å². The van der Waals surface area contributed by atoms with E-state index in [2.05, 4.69) is 13.8 Å². The maximum atomic E-state index is 12.3. The Labute approximate surface area is 170 Å². The second-order valence-electron chi connectivity index (χ2n) is 7.28. The summed E-state index contributed by atoms with van der Waals surface area (Å²) in [4.78, 5) is 12.3. The van der Waals surface area contributed by atoms with Crippen molar-refractivity contribution in [1.82, 2.24) is 0 Å². The first-order chi connectivity index (χ1) is 13.7. The van der Waals surface area contributed by atoms with Crippen LogP contribution in [-0.2, 0) is 6.42 Å². The summed E-state index contributed by atoms with van der Waals surface area (Å²) in [7, 11) is 0. The molecule has 0 aliphatic heterocycles. The molecule has 0 amide bonds. The molecule has 2 aromatic carbocycles. The quantitative estimate of drug-likeness (QED) is 0.213. The molecule has 28 heavy (non-hydrogen) atoms. The van der Waals surface area contributed by atoms with Crippen LogP contribution in [0.15, 0.2) is 48.5 Å². The van der Waals surface area contributed by atoms with E-state index < -0.39 is 0 Å². The number of ether oxygens (including phenoxy) is 2. The van der Waals surface area contributed by atoms with Crippen LogP contribution in [0.3, 0.4) is 0 Å². The van der Waals surface area contributed by atoms with Crippen LogP contribution in [0.1, 0.15) is 81.1 Å². The lowest BCUT2D eigenvalue weighted by atomic mass is 10.1. The van der Waals surface area contributed by atoms with Crippen molar-refractivity contribution in [3.05, 3.63) is 59.7 Å². The highest BCUT2D eigenvalue weighted by Gasteiger charge is 2.08. The van der Waals surface area contributed by atoms with Gasteiger partial charge in [0, 0.05) is 0 Å². The minimum atomic E-state index is -0.331. The largest absolute Gasteiger partial charge is 0.494 e. The van der Waals surface area contributed by atoms with Gasteiger partial charge in [0.1, 0.15) is 11.5 Å². The zero-order chi connectivity index (χ0) is 20.0. The molecule has 0 heterocycles. The summed E-state index contributed by atoms with van der Waals surface area (Å²) in [6.45, 7) is 5.14. The summed E-state index contributed by atoms with van der Waals surface area (Å²) < 4.78 is 11.2. The van der Waals surface area contributed by atoms with Gasteiger partial charge in [-0.1, -0.05) is 64.5 Å². The third-order valence-corrected chi connectivity index (χ3v) is 4.81. The molecule has 2 aromatic rings. The van der Waals surface area contributed by atoms with Crippen LogP contribution < -0.4 is 9.47 Å². The highest BCUT2D eigenvalue weighted by Crippen LogP contribution is 2.19. The molecule has 0 fully saturated rings. The number of aryl methyl sites for hydroxylation is 1. The maximum Gasteiger partial charge on any atom is 0.343 e. The first kappa shape index (κ1) is 22.0. The average molecular weight is 383 g/mol. The SMILES string of the molecule is CCCCCCCCOc1ccc(OC(=O)c2ccc(CCCC)cc2)cc1. The molecule has 0 saturated heterocycles. The predicted octanol–water partition coefficient (Wildman–Crippen LogP) is 6.99. The molecule has 3 heteroatoms. The van der Waals surface area contributed by atoms with Crippen molar-refractivity contribution in [3.63, 3.8) is 0 Å². The Kier molecular flexibility index (Phi) is 10.2. The van der Waals surface area contributed by atoms with Gasteiger partial charge in [-0.2, -0.15) is 0 Å². The third kappa shape index (κ3) is 8.16. The fourth-order valence-electron chi connectivity index (χ4n) is 3.03. The highest BCUT2D eigenvalue weighted by molar-refractivity contribution is 5.91. The summed E-state index contributed by atoms with van der Waals surface area (Å²) in [5.41, 5.74) is 1.83. The molecular formula is C25H34O3. The second kappa shape index (κ2) is 13.0. The van der Waals surface area contributed by atoms with Gasteiger partial charge in [-0.25, -0.2) is 4.79 Å². The van der Waals surface area contributed by atoms with Crippen molar-refractivity contribution in [3.8, 4) is 11.5 Å². The van der Waals surface area contributed by atoms with Crippen LogP contribution in [-0.4, -0.2) is 12.6 Å². The van der Waals surface area contributed by atoms with Gasteiger partial charge in [-0.15, -0.1) is 0 Å². The zero-order valence-electron chi connectivity index (χ0n) is 17.4. The minimum absolute atomic E-state index is 0.331. The average Bonchev–Trinajstić information content (AvgIpc) is 2.73. The van der Waals surface area contributed by atoms with Crippen LogP contribution in [0.5, 0.6) is 11.5 Å². The standard InChI is InChI=1S/C25H34O3/c1-3-5-7-8-9-10-20-27-23-16-18-24(19-17-23)28-25(26)22-14-12-21(13-15-22)11-6-4-2/h12-19H,3-11,20H2,1-2H3. The number of unbranched alkanes of at least 4 members (excludes halogenated alkanes) is 6. The van der Waals surface area contributed by atoms with E-state index in [0.717, 1.165) is 31.6 Å². The molecule has 3 nitrogen and oxygen atoms in total. The molecule has 0 atom stereocenters. The number of carbonyl (C=O) groups is 1. The molecular weight excluding hydrogens is 348 g/mol.